The Balaban J connectivity index is 1.64. The number of anilines is 1. The van der Waals surface area contributed by atoms with Gasteiger partial charge in [0.25, 0.3) is 0 Å². The minimum atomic E-state index is -0.741. The van der Waals surface area contributed by atoms with Crippen LogP contribution in [0.2, 0.25) is 0 Å². The Morgan fingerprint density at radius 2 is 1.90 bits per heavy atom. The van der Waals surface area contributed by atoms with Crippen molar-refractivity contribution in [2.45, 2.75) is 17.0 Å². The normalized spacial score (nSPS) is 10.4. The molecular weight excluding hydrogens is 446 g/mol. The first-order valence-electron chi connectivity index (χ1n) is 8.69. The average molecular weight is 463 g/mol. The number of hydrogen-bond donors (Lipinski definition) is 1. The van der Waals surface area contributed by atoms with Gasteiger partial charge in [-0.3, -0.25) is 9.59 Å². The molecule has 3 aromatic rings. The molecule has 0 aliphatic carbocycles. The molecule has 31 heavy (non-hydrogen) atoms. The van der Waals surface area contributed by atoms with Crippen LogP contribution in [0.15, 0.2) is 44.1 Å². The number of ether oxygens (including phenoxy) is 3. The van der Waals surface area contributed by atoms with Gasteiger partial charge in [-0.1, -0.05) is 23.1 Å². The molecule has 0 aliphatic rings. The van der Waals surface area contributed by atoms with Gasteiger partial charge in [0, 0.05) is 13.0 Å². The third-order valence-corrected chi connectivity index (χ3v) is 5.70. The number of hydrogen-bond acceptors (Lipinski definition) is 11. The molecule has 10 nitrogen and oxygen atoms in total. The average Bonchev–Trinajstić information content (AvgIpc) is 3.19. The van der Waals surface area contributed by atoms with Gasteiger partial charge in [-0.15, -0.1) is 10.2 Å². The fourth-order valence-electron chi connectivity index (χ4n) is 2.31. The molecule has 0 aliphatic heterocycles. The van der Waals surface area contributed by atoms with Crippen molar-refractivity contribution in [3.63, 3.8) is 0 Å². The van der Waals surface area contributed by atoms with E-state index in [0.29, 0.717) is 32.5 Å². The van der Waals surface area contributed by atoms with Crippen LogP contribution in [0.5, 0.6) is 17.2 Å². The maximum atomic E-state index is 12.4. The quantitative estimate of drug-likeness (QED) is 0.302. The van der Waals surface area contributed by atoms with Gasteiger partial charge in [-0.25, -0.2) is 4.79 Å². The summed E-state index contributed by atoms with van der Waals surface area (Å²) in [5.74, 6) is 0.254. The first-order valence-corrected chi connectivity index (χ1v) is 10.5. The largest absolute Gasteiger partial charge is 0.493 e. The molecule has 0 fully saturated rings. The van der Waals surface area contributed by atoms with E-state index in [1.807, 2.05) is 0 Å². The first kappa shape index (κ1) is 22.3. The smallest absolute Gasteiger partial charge is 0.343 e. The van der Waals surface area contributed by atoms with Gasteiger partial charge < -0.3 is 23.9 Å². The zero-order valence-electron chi connectivity index (χ0n) is 16.7. The van der Waals surface area contributed by atoms with Gasteiger partial charge in [0.1, 0.15) is 12.0 Å². The molecule has 0 bridgehead atoms. The van der Waals surface area contributed by atoms with Gasteiger partial charge in [0.05, 0.1) is 25.5 Å². The number of carbonyl (C=O) groups excluding carboxylic acids is 2. The van der Waals surface area contributed by atoms with Gasteiger partial charge in [0.15, 0.2) is 15.8 Å². The zero-order valence-corrected chi connectivity index (χ0v) is 18.3. The van der Waals surface area contributed by atoms with E-state index in [4.69, 9.17) is 18.6 Å². The lowest BCUT2D eigenvalue weighted by Crippen LogP contribution is -2.15. The van der Waals surface area contributed by atoms with Gasteiger partial charge in [-0.05, 0) is 18.2 Å². The van der Waals surface area contributed by atoms with E-state index < -0.39 is 11.4 Å². The molecule has 1 N–H and O–H groups in total. The summed E-state index contributed by atoms with van der Waals surface area (Å²) >= 11 is 2.48. The summed E-state index contributed by atoms with van der Waals surface area (Å²) in [6.07, 6.45) is 1.08. The zero-order chi connectivity index (χ0) is 22.4. The lowest BCUT2D eigenvalue weighted by molar-refractivity contribution is -0.114. The maximum Gasteiger partial charge on any atom is 0.343 e. The number of esters is 1. The second-order valence-electron chi connectivity index (χ2n) is 5.88. The van der Waals surface area contributed by atoms with E-state index in [2.05, 4.69) is 15.5 Å². The van der Waals surface area contributed by atoms with Crippen LogP contribution in [-0.4, -0.2) is 36.3 Å². The summed E-state index contributed by atoms with van der Waals surface area (Å²) < 4.78 is 21.4. The predicted molar refractivity (Wildman–Crippen MR) is 113 cm³/mol. The number of carbonyl (C=O) groups is 2. The third kappa shape index (κ3) is 5.83. The van der Waals surface area contributed by atoms with Crippen molar-refractivity contribution in [2.75, 3.05) is 19.5 Å². The SMILES string of the molecule is COc1ccc(C(=O)Oc2coc(CSc3nnc(NC(C)=O)s3)cc2=O)cc1OC. The van der Waals surface area contributed by atoms with Crippen LogP contribution in [0.3, 0.4) is 0 Å². The van der Waals surface area contributed by atoms with Gasteiger partial charge in [0.2, 0.25) is 22.2 Å². The lowest BCUT2D eigenvalue weighted by Gasteiger charge is -2.09. The van der Waals surface area contributed by atoms with Gasteiger partial charge in [-0.2, -0.15) is 0 Å². The number of thioether (sulfide) groups is 1. The minimum Gasteiger partial charge on any atom is -0.493 e. The standard InChI is InChI=1S/C19H17N3O7S2/c1-10(23)20-18-21-22-19(31-18)30-9-12-7-13(24)16(8-28-12)29-17(25)11-4-5-14(26-2)15(6-11)27-3/h4-8H,9H2,1-3H3,(H,20,21,23). The summed E-state index contributed by atoms with van der Waals surface area (Å²) in [5.41, 5.74) is -0.324. The molecule has 2 heterocycles. The van der Waals surface area contributed by atoms with Crippen molar-refractivity contribution in [1.29, 1.82) is 0 Å². The predicted octanol–water partition coefficient (Wildman–Crippen LogP) is 2.98. The number of rotatable bonds is 8. The highest BCUT2D eigenvalue weighted by Crippen LogP contribution is 2.29. The molecule has 1 amide bonds. The molecule has 162 valence electrons. The molecule has 3 rings (SSSR count). The summed E-state index contributed by atoms with van der Waals surface area (Å²) in [5, 5.41) is 10.7. The fraction of sp³-hybridized carbons (Fsp3) is 0.211. The van der Waals surface area contributed by atoms with Crippen molar-refractivity contribution in [1.82, 2.24) is 10.2 Å². The second kappa shape index (κ2) is 10.1. The molecule has 0 saturated heterocycles. The van der Waals surface area contributed by atoms with Crippen LogP contribution in [0, 0.1) is 0 Å². The number of methoxy groups -OCH3 is 2. The lowest BCUT2D eigenvalue weighted by atomic mass is 10.2. The van der Waals surface area contributed by atoms with Crippen LogP contribution < -0.4 is 25.0 Å². The molecule has 0 atom stereocenters. The van der Waals surface area contributed by atoms with Crippen LogP contribution in [0.25, 0.3) is 0 Å². The van der Waals surface area contributed by atoms with Crippen LogP contribution >= 0.6 is 23.1 Å². The Labute approximate surface area is 184 Å². The van der Waals surface area contributed by atoms with Crippen molar-refractivity contribution in [3.05, 3.63) is 52.1 Å². The number of benzene rings is 1. The molecule has 12 heteroatoms. The highest BCUT2D eigenvalue weighted by molar-refractivity contribution is 8.00. The molecule has 0 saturated carbocycles. The van der Waals surface area contributed by atoms with E-state index in [1.54, 1.807) is 6.07 Å². The van der Waals surface area contributed by atoms with E-state index in [1.165, 1.54) is 62.4 Å². The van der Waals surface area contributed by atoms with E-state index in [-0.39, 0.29) is 17.2 Å². The number of amides is 1. The topological polar surface area (TPSA) is 130 Å². The Morgan fingerprint density at radius 3 is 2.58 bits per heavy atom. The van der Waals surface area contributed by atoms with Crippen molar-refractivity contribution < 1.29 is 28.2 Å². The fourth-order valence-corrected chi connectivity index (χ4v) is 4.00. The Morgan fingerprint density at radius 1 is 1.13 bits per heavy atom. The Kier molecular flexibility index (Phi) is 7.26. The molecule has 0 spiro atoms. The summed E-state index contributed by atoms with van der Waals surface area (Å²) in [7, 11) is 2.93. The maximum absolute atomic E-state index is 12.4. The molecule has 1 aromatic carbocycles. The summed E-state index contributed by atoms with van der Waals surface area (Å²) in [6.45, 7) is 1.38. The number of nitrogens with one attached hydrogen (secondary N) is 1. The van der Waals surface area contributed by atoms with Crippen molar-refractivity contribution >= 4 is 40.1 Å². The van der Waals surface area contributed by atoms with E-state index in [0.717, 1.165) is 6.26 Å². The molecule has 0 radical (unpaired) electrons. The van der Waals surface area contributed by atoms with E-state index >= 15 is 0 Å². The Bertz CT molecular complexity index is 1160. The molecule has 2 aromatic heterocycles. The highest BCUT2D eigenvalue weighted by Gasteiger charge is 2.16. The van der Waals surface area contributed by atoms with E-state index in [9.17, 15) is 14.4 Å². The van der Waals surface area contributed by atoms with Crippen LogP contribution in [-0.2, 0) is 10.5 Å². The third-order valence-electron chi connectivity index (χ3n) is 3.70. The molecule has 0 unspecified atom stereocenters. The van der Waals surface area contributed by atoms with Crippen molar-refractivity contribution in [2.24, 2.45) is 0 Å². The van der Waals surface area contributed by atoms with Crippen molar-refractivity contribution in [3.8, 4) is 17.2 Å². The minimum absolute atomic E-state index is 0.183. The summed E-state index contributed by atoms with van der Waals surface area (Å²) in [6, 6.07) is 5.74. The first-order chi connectivity index (χ1) is 14.9. The van der Waals surface area contributed by atoms with Crippen LogP contribution in [0.4, 0.5) is 5.13 Å². The number of aromatic nitrogens is 2. The highest BCUT2D eigenvalue weighted by atomic mass is 32.2. The van der Waals surface area contributed by atoms with Crippen LogP contribution in [0.1, 0.15) is 23.0 Å². The molecular formula is C19H17N3O7S2. The van der Waals surface area contributed by atoms with Gasteiger partial charge >= 0.3 is 5.97 Å². The second-order valence-corrected chi connectivity index (χ2v) is 8.08. The Hall–Kier alpha value is -3.38. The number of nitrogens with zero attached hydrogens (tertiary/aromatic N) is 2. The summed E-state index contributed by atoms with van der Waals surface area (Å²) in [4.78, 5) is 35.7. The monoisotopic (exact) mass is 463 g/mol.